The Morgan fingerprint density at radius 1 is 0.404 bits per heavy atom. The molecule has 0 unspecified atom stereocenters. The molecule has 7 aromatic carbocycles. The largest absolute Gasteiger partial charge is 0.309 e. The average Bonchev–Trinajstić information content (AvgIpc) is 3.53. The lowest BCUT2D eigenvalue weighted by molar-refractivity contribution is 1.17. The van der Waals surface area contributed by atoms with E-state index in [2.05, 4.69) is 230 Å². The number of rotatable bonds is 9. The van der Waals surface area contributed by atoms with Gasteiger partial charge in [-0.15, -0.1) is 0 Å². The van der Waals surface area contributed by atoms with Crippen molar-refractivity contribution < 1.29 is 0 Å². The molecule has 0 aliphatic carbocycles. The van der Waals surface area contributed by atoms with Crippen LogP contribution in [-0.2, 0) is 0 Å². The minimum atomic E-state index is 1.16. The lowest BCUT2D eigenvalue weighted by Crippen LogP contribution is -1.93. The summed E-state index contributed by atoms with van der Waals surface area (Å²) in [6.07, 6.45) is 13.2. The first-order valence-electron chi connectivity index (χ1n) is 17.8. The standard InChI is InChI=1S/C51H39N/c1-38-28-32-45(33-29-38)52-50-34-30-39(16-14-26-46(41-18-6-2-7-19-41)42-20-8-3-9-21-42)36-48(50)49-37-40(31-35-51(49)52)17-15-27-47(43-22-10-4-11-23-43)44-24-12-5-13-25-44/h2-37H,1H3. The summed E-state index contributed by atoms with van der Waals surface area (Å²) in [5, 5.41) is 2.46. The Labute approximate surface area is 306 Å². The van der Waals surface area contributed by atoms with Crippen LogP contribution < -0.4 is 0 Å². The predicted molar refractivity (Wildman–Crippen MR) is 224 cm³/mol. The van der Waals surface area contributed by atoms with Gasteiger partial charge in [0, 0.05) is 16.5 Å². The van der Waals surface area contributed by atoms with Gasteiger partial charge in [0.25, 0.3) is 0 Å². The zero-order valence-corrected chi connectivity index (χ0v) is 29.2. The number of allylic oxidation sites excluding steroid dienone is 4. The van der Waals surface area contributed by atoms with Crippen molar-refractivity contribution >= 4 is 45.1 Å². The number of aryl methyl sites for hydroxylation is 1. The van der Waals surface area contributed by atoms with Crippen LogP contribution in [-0.4, -0.2) is 4.57 Å². The quantitative estimate of drug-likeness (QED) is 0.135. The molecule has 52 heavy (non-hydrogen) atoms. The minimum Gasteiger partial charge on any atom is -0.309 e. The molecule has 0 atom stereocenters. The van der Waals surface area contributed by atoms with Gasteiger partial charge in [-0.1, -0.05) is 188 Å². The van der Waals surface area contributed by atoms with Crippen LogP contribution in [0.25, 0.3) is 50.8 Å². The fraction of sp³-hybridized carbons (Fsp3) is 0.0196. The molecular weight excluding hydrogens is 627 g/mol. The maximum absolute atomic E-state index is 2.39. The third kappa shape index (κ3) is 6.99. The van der Waals surface area contributed by atoms with Gasteiger partial charge in [0.2, 0.25) is 0 Å². The van der Waals surface area contributed by atoms with E-state index in [0.29, 0.717) is 0 Å². The van der Waals surface area contributed by atoms with Gasteiger partial charge in [0.05, 0.1) is 11.0 Å². The lowest BCUT2D eigenvalue weighted by Gasteiger charge is -2.08. The summed E-state index contributed by atoms with van der Waals surface area (Å²) in [5.41, 5.74) is 14.3. The Morgan fingerprint density at radius 3 is 1.13 bits per heavy atom. The molecule has 1 aromatic heterocycles. The van der Waals surface area contributed by atoms with Crippen LogP contribution in [0.1, 0.15) is 38.9 Å². The maximum Gasteiger partial charge on any atom is 0.0541 e. The zero-order valence-electron chi connectivity index (χ0n) is 29.2. The van der Waals surface area contributed by atoms with E-state index in [1.807, 2.05) is 0 Å². The molecule has 0 spiro atoms. The topological polar surface area (TPSA) is 4.93 Å². The van der Waals surface area contributed by atoms with Crippen LogP contribution in [0.4, 0.5) is 0 Å². The second-order valence-corrected chi connectivity index (χ2v) is 13.1. The van der Waals surface area contributed by atoms with Crippen LogP contribution in [0, 0.1) is 6.92 Å². The number of aromatic nitrogens is 1. The van der Waals surface area contributed by atoms with Gasteiger partial charge in [-0.2, -0.15) is 0 Å². The molecule has 0 N–H and O–H groups in total. The smallest absolute Gasteiger partial charge is 0.0541 e. The fourth-order valence-corrected chi connectivity index (χ4v) is 6.94. The van der Waals surface area contributed by atoms with Crippen molar-refractivity contribution in [2.75, 3.05) is 0 Å². The highest BCUT2D eigenvalue weighted by Gasteiger charge is 2.13. The molecule has 8 aromatic rings. The van der Waals surface area contributed by atoms with Crippen LogP contribution in [0.3, 0.4) is 0 Å². The fourth-order valence-electron chi connectivity index (χ4n) is 6.94. The Hall–Kier alpha value is -6.70. The molecule has 248 valence electrons. The van der Waals surface area contributed by atoms with Crippen molar-refractivity contribution in [3.63, 3.8) is 0 Å². The third-order valence-electron chi connectivity index (χ3n) is 9.55. The van der Waals surface area contributed by atoms with E-state index in [9.17, 15) is 0 Å². The number of fused-ring (bicyclic) bond motifs is 3. The summed E-state index contributed by atoms with van der Waals surface area (Å²) < 4.78 is 2.39. The van der Waals surface area contributed by atoms with Crippen molar-refractivity contribution in [1.82, 2.24) is 4.57 Å². The normalized spacial score (nSPS) is 11.4. The second kappa shape index (κ2) is 15.0. The molecule has 0 bridgehead atoms. The third-order valence-corrected chi connectivity index (χ3v) is 9.55. The first kappa shape index (κ1) is 32.5. The Morgan fingerprint density at radius 2 is 0.769 bits per heavy atom. The summed E-state index contributed by atoms with van der Waals surface area (Å²) in [7, 11) is 0. The SMILES string of the molecule is Cc1ccc(-n2c3ccc(C=CC=C(c4ccccc4)c4ccccc4)cc3c3cc(C=CC=C(c4ccccc4)c4ccccc4)ccc32)cc1. The Bertz CT molecular complexity index is 2320. The Kier molecular flexibility index (Phi) is 9.40. The molecule has 1 heterocycles. The maximum atomic E-state index is 2.39. The van der Waals surface area contributed by atoms with Gasteiger partial charge in [-0.05, 0) is 87.8 Å². The van der Waals surface area contributed by atoms with Crippen molar-refractivity contribution in [1.29, 1.82) is 0 Å². The van der Waals surface area contributed by atoms with Crippen LogP contribution >= 0.6 is 0 Å². The van der Waals surface area contributed by atoms with Crippen LogP contribution in [0.15, 0.2) is 206 Å². The van der Waals surface area contributed by atoms with E-state index < -0.39 is 0 Å². The van der Waals surface area contributed by atoms with Gasteiger partial charge < -0.3 is 4.57 Å². The summed E-state index contributed by atoms with van der Waals surface area (Å²) in [6.45, 7) is 2.14. The minimum absolute atomic E-state index is 1.16. The van der Waals surface area contributed by atoms with Gasteiger partial charge in [-0.3, -0.25) is 0 Å². The molecule has 0 aliphatic heterocycles. The summed E-state index contributed by atoms with van der Waals surface area (Å²) >= 11 is 0. The number of benzene rings is 7. The number of hydrogen-bond donors (Lipinski definition) is 0. The van der Waals surface area contributed by atoms with Crippen molar-refractivity contribution in [2.45, 2.75) is 6.92 Å². The molecule has 8 rings (SSSR count). The summed E-state index contributed by atoms with van der Waals surface area (Å²) in [4.78, 5) is 0. The van der Waals surface area contributed by atoms with Gasteiger partial charge in [0.15, 0.2) is 0 Å². The van der Waals surface area contributed by atoms with E-state index in [1.165, 1.54) is 60.8 Å². The molecule has 0 fully saturated rings. The highest BCUT2D eigenvalue weighted by molar-refractivity contribution is 6.10. The zero-order chi connectivity index (χ0) is 35.1. The summed E-state index contributed by atoms with van der Waals surface area (Å²) in [6, 6.07) is 64.8. The molecule has 1 nitrogen and oxygen atoms in total. The average molecular weight is 666 g/mol. The molecule has 1 heteroatoms. The van der Waals surface area contributed by atoms with Crippen molar-refractivity contribution in [3.05, 3.63) is 245 Å². The number of nitrogens with zero attached hydrogens (tertiary/aromatic N) is 1. The first-order chi connectivity index (χ1) is 25.7. The van der Waals surface area contributed by atoms with Crippen LogP contribution in [0.5, 0.6) is 0 Å². The van der Waals surface area contributed by atoms with Crippen molar-refractivity contribution in [3.8, 4) is 5.69 Å². The monoisotopic (exact) mass is 665 g/mol. The van der Waals surface area contributed by atoms with Gasteiger partial charge in [-0.25, -0.2) is 0 Å². The molecule has 0 saturated heterocycles. The van der Waals surface area contributed by atoms with E-state index in [1.54, 1.807) is 0 Å². The highest BCUT2D eigenvalue weighted by atomic mass is 15.0. The van der Waals surface area contributed by atoms with E-state index >= 15 is 0 Å². The van der Waals surface area contributed by atoms with Crippen molar-refractivity contribution in [2.24, 2.45) is 0 Å². The Balaban J connectivity index is 1.20. The second-order valence-electron chi connectivity index (χ2n) is 13.1. The molecule has 0 amide bonds. The van der Waals surface area contributed by atoms with Gasteiger partial charge in [0.1, 0.15) is 0 Å². The predicted octanol–water partition coefficient (Wildman–Crippen LogP) is 13.4. The molecule has 0 saturated carbocycles. The molecule has 0 radical (unpaired) electrons. The summed E-state index contributed by atoms with van der Waals surface area (Å²) in [5.74, 6) is 0. The van der Waals surface area contributed by atoms with Gasteiger partial charge >= 0.3 is 0 Å². The number of hydrogen-bond acceptors (Lipinski definition) is 0. The highest BCUT2D eigenvalue weighted by Crippen LogP contribution is 2.34. The lowest BCUT2D eigenvalue weighted by atomic mass is 9.97. The first-order valence-corrected chi connectivity index (χ1v) is 17.8. The van der Waals surface area contributed by atoms with E-state index in [4.69, 9.17) is 0 Å². The van der Waals surface area contributed by atoms with Crippen LogP contribution in [0.2, 0.25) is 0 Å². The molecular formula is C51H39N. The van der Waals surface area contributed by atoms with E-state index in [0.717, 1.165) is 16.8 Å². The van der Waals surface area contributed by atoms with E-state index in [-0.39, 0.29) is 0 Å². The molecule has 0 aliphatic rings.